The summed E-state index contributed by atoms with van der Waals surface area (Å²) in [6.45, 7) is 4.44. The van der Waals surface area contributed by atoms with E-state index >= 15 is 0 Å². The van der Waals surface area contributed by atoms with E-state index in [0.29, 0.717) is 18.2 Å². The number of hydrogen-bond donors (Lipinski definition) is 1. The molecule has 1 aliphatic heterocycles. The van der Waals surface area contributed by atoms with Crippen molar-refractivity contribution in [2.45, 2.75) is 32.6 Å². The fourth-order valence-electron chi connectivity index (χ4n) is 3.14. The Balaban J connectivity index is 1.53. The average Bonchev–Trinajstić information content (AvgIpc) is 3.19. The Morgan fingerprint density at radius 3 is 2.81 bits per heavy atom. The van der Waals surface area contributed by atoms with Gasteiger partial charge in [-0.2, -0.15) is 0 Å². The van der Waals surface area contributed by atoms with Crippen molar-refractivity contribution in [1.82, 2.24) is 15.3 Å². The van der Waals surface area contributed by atoms with Gasteiger partial charge < -0.3 is 15.0 Å². The van der Waals surface area contributed by atoms with Gasteiger partial charge in [-0.3, -0.25) is 4.79 Å². The highest BCUT2D eigenvalue weighted by Gasteiger charge is 2.17. The van der Waals surface area contributed by atoms with Crippen LogP contribution in [0.25, 0.3) is 0 Å². The molecule has 0 bridgehead atoms. The van der Waals surface area contributed by atoms with Crippen LogP contribution in [0.5, 0.6) is 5.75 Å². The first kappa shape index (κ1) is 18.2. The van der Waals surface area contributed by atoms with Crippen molar-refractivity contribution in [2.75, 3.05) is 31.6 Å². The first-order valence-corrected chi connectivity index (χ1v) is 9.17. The maximum Gasteiger partial charge on any atom is 0.270 e. The van der Waals surface area contributed by atoms with Crippen molar-refractivity contribution in [1.29, 1.82) is 0 Å². The predicted octanol–water partition coefficient (Wildman–Crippen LogP) is 2.76. The summed E-state index contributed by atoms with van der Waals surface area (Å²) in [5.41, 5.74) is 2.47. The molecule has 1 amide bonds. The molecule has 0 spiro atoms. The number of amides is 1. The van der Waals surface area contributed by atoms with Crippen LogP contribution in [0.15, 0.2) is 30.3 Å². The SMILES string of the molecule is COc1cccc(CCCNC(=O)c2cc(C)nc(N3CCCC3)n2)c1. The largest absolute Gasteiger partial charge is 0.497 e. The Morgan fingerprint density at radius 1 is 1.23 bits per heavy atom. The van der Waals surface area contributed by atoms with E-state index in [1.54, 1.807) is 13.2 Å². The molecule has 26 heavy (non-hydrogen) atoms. The van der Waals surface area contributed by atoms with Crippen LogP contribution in [0, 0.1) is 6.92 Å². The zero-order valence-corrected chi connectivity index (χ0v) is 15.5. The molecular weight excluding hydrogens is 328 g/mol. The number of methoxy groups -OCH3 is 1. The van der Waals surface area contributed by atoms with Gasteiger partial charge >= 0.3 is 0 Å². The molecule has 1 aromatic carbocycles. The maximum atomic E-state index is 12.4. The normalized spacial score (nSPS) is 13.7. The highest BCUT2D eigenvalue weighted by molar-refractivity contribution is 5.92. The molecule has 6 heteroatoms. The lowest BCUT2D eigenvalue weighted by Gasteiger charge is -2.16. The van der Waals surface area contributed by atoms with E-state index in [0.717, 1.165) is 50.2 Å². The summed E-state index contributed by atoms with van der Waals surface area (Å²) in [7, 11) is 1.67. The fraction of sp³-hybridized carbons (Fsp3) is 0.450. The topological polar surface area (TPSA) is 67.3 Å². The molecule has 1 saturated heterocycles. The van der Waals surface area contributed by atoms with Crippen molar-refractivity contribution in [2.24, 2.45) is 0 Å². The van der Waals surface area contributed by atoms with Gasteiger partial charge in [0, 0.05) is 25.3 Å². The molecule has 0 saturated carbocycles. The Morgan fingerprint density at radius 2 is 2.04 bits per heavy atom. The second kappa shape index (κ2) is 8.65. The summed E-state index contributed by atoms with van der Waals surface area (Å²) in [5.74, 6) is 1.39. The number of ether oxygens (including phenoxy) is 1. The first-order valence-electron chi connectivity index (χ1n) is 9.17. The predicted molar refractivity (Wildman–Crippen MR) is 102 cm³/mol. The van der Waals surface area contributed by atoms with Gasteiger partial charge in [0.15, 0.2) is 0 Å². The van der Waals surface area contributed by atoms with E-state index in [9.17, 15) is 4.79 Å². The molecule has 0 radical (unpaired) electrons. The van der Waals surface area contributed by atoms with Gasteiger partial charge in [-0.05, 0) is 56.4 Å². The number of aromatic nitrogens is 2. The van der Waals surface area contributed by atoms with E-state index in [1.165, 1.54) is 5.56 Å². The van der Waals surface area contributed by atoms with Crippen molar-refractivity contribution in [3.8, 4) is 5.75 Å². The third-order valence-corrected chi connectivity index (χ3v) is 4.53. The second-order valence-electron chi connectivity index (χ2n) is 6.60. The Kier molecular flexibility index (Phi) is 6.04. The number of benzene rings is 1. The number of nitrogens with zero attached hydrogens (tertiary/aromatic N) is 3. The van der Waals surface area contributed by atoms with Crippen LogP contribution in [0.4, 0.5) is 5.95 Å². The summed E-state index contributed by atoms with van der Waals surface area (Å²) < 4.78 is 5.23. The van der Waals surface area contributed by atoms with Crippen LogP contribution in [0.2, 0.25) is 0 Å². The highest BCUT2D eigenvalue weighted by atomic mass is 16.5. The van der Waals surface area contributed by atoms with E-state index in [1.807, 2.05) is 25.1 Å². The molecule has 0 aliphatic carbocycles. The van der Waals surface area contributed by atoms with Gasteiger partial charge in [0.25, 0.3) is 5.91 Å². The molecular formula is C20H26N4O2. The van der Waals surface area contributed by atoms with Gasteiger partial charge in [-0.15, -0.1) is 0 Å². The van der Waals surface area contributed by atoms with E-state index in [4.69, 9.17) is 4.74 Å². The smallest absolute Gasteiger partial charge is 0.270 e. The molecule has 1 N–H and O–H groups in total. The van der Waals surface area contributed by atoms with Crippen molar-refractivity contribution in [3.05, 3.63) is 47.3 Å². The van der Waals surface area contributed by atoms with Crippen LogP contribution in [0.3, 0.4) is 0 Å². The molecule has 1 aromatic heterocycles. The number of anilines is 1. The van der Waals surface area contributed by atoms with E-state index < -0.39 is 0 Å². The van der Waals surface area contributed by atoms with Crippen LogP contribution in [-0.4, -0.2) is 42.6 Å². The van der Waals surface area contributed by atoms with Crippen molar-refractivity contribution >= 4 is 11.9 Å². The molecule has 0 atom stereocenters. The van der Waals surface area contributed by atoms with Crippen molar-refractivity contribution in [3.63, 3.8) is 0 Å². The van der Waals surface area contributed by atoms with Gasteiger partial charge in [-0.1, -0.05) is 12.1 Å². The number of aryl methyl sites for hydroxylation is 2. The number of hydrogen-bond acceptors (Lipinski definition) is 5. The third-order valence-electron chi connectivity index (χ3n) is 4.53. The lowest BCUT2D eigenvalue weighted by atomic mass is 10.1. The van der Waals surface area contributed by atoms with Gasteiger partial charge in [0.2, 0.25) is 5.95 Å². The summed E-state index contributed by atoms with van der Waals surface area (Å²) in [6, 6.07) is 9.76. The maximum absolute atomic E-state index is 12.4. The zero-order chi connectivity index (χ0) is 18.4. The van der Waals surface area contributed by atoms with Gasteiger partial charge in [0.1, 0.15) is 11.4 Å². The quantitative estimate of drug-likeness (QED) is 0.775. The van der Waals surface area contributed by atoms with Crippen LogP contribution in [0.1, 0.15) is 41.0 Å². The molecule has 0 unspecified atom stereocenters. The average molecular weight is 354 g/mol. The van der Waals surface area contributed by atoms with Crippen LogP contribution < -0.4 is 15.0 Å². The number of carbonyl (C=O) groups is 1. The summed E-state index contributed by atoms with van der Waals surface area (Å²) in [6.07, 6.45) is 4.06. The molecule has 138 valence electrons. The van der Waals surface area contributed by atoms with Gasteiger partial charge in [-0.25, -0.2) is 9.97 Å². The lowest BCUT2D eigenvalue weighted by Crippen LogP contribution is -2.28. The standard InChI is InChI=1S/C20H26N4O2/c1-15-13-18(23-20(22-15)24-11-3-4-12-24)19(25)21-10-6-8-16-7-5-9-17(14-16)26-2/h5,7,9,13-14H,3-4,6,8,10-12H2,1-2H3,(H,21,25). The number of rotatable bonds is 7. The minimum absolute atomic E-state index is 0.137. The summed E-state index contributed by atoms with van der Waals surface area (Å²) in [4.78, 5) is 23.5. The molecule has 1 aliphatic rings. The highest BCUT2D eigenvalue weighted by Crippen LogP contribution is 2.17. The minimum atomic E-state index is -0.137. The van der Waals surface area contributed by atoms with Crippen LogP contribution >= 0.6 is 0 Å². The molecule has 6 nitrogen and oxygen atoms in total. The molecule has 3 rings (SSSR count). The Hall–Kier alpha value is -2.63. The monoisotopic (exact) mass is 354 g/mol. The van der Waals surface area contributed by atoms with Gasteiger partial charge in [0.05, 0.1) is 7.11 Å². The number of nitrogens with one attached hydrogen (secondary N) is 1. The van der Waals surface area contributed by atoms with E-state index in [2.05, 4.69) is 26.3 Å². The van der Waals surface area contributed by atoms with E-state index in [-0.39, 0.29) is 5.91 Å². The van der Waals surface area contributed by atoms with Crippen molar-refractivity contribution < 1.29 is 9.53 Å². The summed E-state index contributed by atoms with van der Waals surface area (Å²) >= 11 is 0. The zero-order valence-electron chi connectivity index (χ0n) is 15.5. The van der Waals surface area contributed by atoms with Crippen LogP contribution in [-0.2, 0) is 6.42 Å². The second-order valence-corrected chi connectivity index (χ2v) is 6.60. The molecule has 1 fully saturated rings. The Labute approximate surface area is 154 Å². The Bertz CT molecular complexity index is 757. The molecule has 2 aromatic rings. The summed E-state index contributed by atoms with van der Waals surface area (Å²) in [5, 5.41) is 2.96. The molecule has 2 heterocycles. The minimum Gasteiger partial charge on any atom is -0.497 e. The number of carbonyl (C=O) groups excluding carboxylic acids is 1. The first-order chi connectivity index (χ1) is 12.7. The lowest BCUT2D eigenvalue weighted by molar-refractivity contribution is 0.0948. The third kappa shape index (κ3) is 4.71. The fourth-order valence-corrected chi connectivity index (χ4v) is 3.14.